The van der Waals surface area contributed by atoms with Crippen molar-refractivity contribution >= 4 is 44.9 Å². The van der Waals surface area contributed by atoms with Crippen LogP contribution in [0.1, 0.15) is 17.5 Å². The van der Waals surface area contributed by atoms with Crippen molar-refractivity contribution in [3.05, 3.63) is 52.5 Å². The Labute approximate surface area is 161 Å². The summed E-state index contributed by atoms with van der Waals surface area (Å²) < 4.78 is 27.9. The van der Waals surface area contributed by atoms with Crippen molar-refractivity contribution in [3.8, 4) is 0 Å². The zero-order valence-electron chi connectivity index (χ0n) is 14.6. The number of sulfonamides is 1. The molecule has 2 aromatic carbocycles. The Bertz CT molecular complexity index is 1050. The van der Waals surface area contributed by atoms with Crippen LogP contribution in [-0.4, -0.2) is 31.4 Å². The van der Waals surface area contributed by atoms with E-state index in [1.54, 1.807) is 32.0 Å². The number of carbonyl (C=O) groups is 2. The molecule has 1 heterocycles. The van der Waals surface area contributed by atoms with Crippen LogP contribution in [0.5, 0.6) is 0 Å². The number of anilines is 2. The molecule has 0 saturated carbocycles. The van der Waals surface area contributed by atoms with Crippen LogP contribution in [0.3, 0.4) is 0 Å². The molecule has 0 aliphatic carbocycles. The van der Waals surface area contributed by atoms with Crippen LogP contribution in [0.15, 0.2) is 41.3 Å². The molecule has 0 fully saturated rings. The maximum atomic E-state index is 13.5. The molecule has 0 radical (unpaired) electrons. The van der Waals surface area contributed by atoms with Crippen molar-refractivity contribution in [2.75, 3.05) is 9.62 Å². The molecule has 0 bridgehead atoms. The highest BCUT2D eigenvalue weighted by Crippen LogP contribution is 2.38. The van der Waals surface area contributed by atoms with Crippen LogP contribution < -0.4 is 9.62 Å². The van der Waals surface area contributed by atoms with Crippen molar-refractivity contribution < 1.29 is 23.1 Å². The van der Waals surface area contributed by atoms with E-state index in [4.69, 9.17) is 11.6 Å². The lowest BCUT2D eigenvalue weighted by molar-refractivity contribution is -0.138. The zero-order chi connectivity index (χ0) is 19.9. The van der Waals surface area contributed by atoms with Crippen LogP contribution in [-0.2, 0) is 19.6 Å². The predicted molar refractivity (Wildman–Crippen MR) is 102 cm³/mol. The monoisotopic (exact) mass is 408 g/mol. The molecular formula is C18H17ClN2O5S. The number of carboxylic acids is 1. The Morgan fingerprint density at radius 1 is 1.22 bits per heavy atom. The number of para-hydroxylation sites is 2. The van der Waals surface area contributed by atoms with Gasteiger partial charge in [0.15, 0.2) is 0 Å². The van der Waals surface area contributed by atoms with E-state index in [0.29, 0.717) is 21.8 Å². The van der Waals surface area contributed by atoms with E-state index in [0.717, 1.165) is 4.31 Å². The maximum absolute atomic E-state index is 13.5. The van der Waals surface area contributed by atoms with E-state index in [1.807, 2.05) is 0 Å². The highest BCUT2D eigenvalue weighted by molar-refractivity contribution is 7.93. The molecule has 2 N–H and O–H groups in total. The zero-order valence-corrected chi connectivity index (χ0v) is 16.1. The van der Waals surface area contributed by atoms with Gasteiger partial charge in [0, 0.05) is 5.02 Å². The molecule has 0 aromatic heterocycles. The van der Waals surface area contributed by atoms with Crippen LogP contribution in [0.2, 0.25) is 5.02 Å². The number of fused-ring (bicyclic) bond motifs is 1. The summed E-state index contributed by atoms with van der Waals surface area (Å²) in [6.07, 6.45) is -0.662. The molecule has 1 aliphatic heterocycles. The number of carbonyl (C=O) groups excluding carboxylic acids is 1. The number of carboxylic acid groups (broad SMARTS) is 1. The number of benzene rings is 2. The van der Waals surface area contributed by atoms with Crippen LogP contribution in [0.25, 0.3) is 0 Å². The second-order valence-electron chi connectivity index (χ2n) is 6.29. The topological polar surface area (TPSA) is 104 Å². The summed E-state index contributed by atoms with van der Waals surface area (Å²) in [5.41, 5.74) is 1.49. The van der Waals surface area contributed by atoms with E-state index >= 15 is 0 Å². The molecule has 1 atom stereocenters. The van der Waals surface area contributed by atoms with Crippen LogP contribution >= 0.6 is 11.6 Å². The Balaban J connectivity index is 2.25. The third-order valence-electron chi connectivity index (χ3n) is 4.35. The van der Waals surface area contributed by atoms with Crippen LogP contribution in [0, 0.1) is 13.8 Å². The Morgan fingerprint density at radius 3 is 2.56 bits per heavy atom. The number of hydrogen-bond donors (Lipinski definition) is 2. The number of rotatable bonds is 4. The van der Waals surface area contributed by atoms with Gasteiger partial charge < -0.3 is 10.4 Å². The van der Waals surface area contributed by atoms with Gasteiger partial charge in [0.2, 0.25) is 5.91 Å². The highest BCUT2D eigenvalue weighted by atomic mass is 35.5. The maximum Gasteiger partial charge on any atom is 0.306 e. The van der Waals surface area contributed by atoms with Gasteiger partial charge in [0.25, 0.3) is 10.0 Å². The molecule has 1 aliphatic rings. The first kappa shape index (κ1) is 19.2. The van der Waals surface area contributed by atoms with Crippen molar-refractivity contribution in [3.63, 3.8) is 0 Å². The van der Waals surface area contributed by atoms with Gasteiger partial charge >= 0.3 is 5.97 Å². The van der Waals surface area contributed by atoms with E-state index < -0.39 is 34.4 Å². The first-order valence-electron chi connectivity index (χ1n) is 8.06. The van der Waals surface area contributed by atoms with E-state index in [1.165, 1.54) is 18.2 Å². The Hall–Kier alpha value is -2.58. The third-order valence-corrected chi connectivity index (χ3v) is 6.72. The van der Waals surface area contributed by atoms with Gasteiger partial charge in [-0.2, -0.15) is 0 Å². The quantitative estimate of drug-likeness (QED) is 0.809. The largest absolute Gasteiger partial charge is 0.481 e. The molecule has 27 heavy (non-hydrogen) atoms. The summed E-state index contributed by atoms with van der Waals surface area (Å²) in [5.74, 6) is -1.97. The Morgan fingerprint density at radius 2 is 1.89 bits per heavy atom. The van der Waals surface area contributed by atoms with Gasteiger partial charge in [-0.1, -0.05) is 23.7 Å². The predicted octanol–water partition coefficient (Wildman–Crippen LogP) is 2.95. The molecular weight excluding hydrogens is 392 g/mol. The summed E-state index contributed by atoms with van der Waals surface area (Å²) >= 11 is 6.07. The molecule has 1 amide bonds. The van der Waals surface area contributed by atoms with Gasteiger partial charge in [0.05, 0.1) is 22.7 Å². The van der Waals surface area contributed by atoms with Crippen molar-refractivity contribution in [1.82, 2.24) is 0 Å². The van der Waals surface area contributed by atoms with Crippen molar-refractivity contribution in [2.45, 2.75) is 31.2 Å². The molecule has 2 aromatic rings. The molecule has 3 rings (SSSR count). The first-order chi connectivity index (χ1) is 12.6. The van der Waals surface area contributed by atoms with Gasteiger partial charge in [0.1, 0.15) is 6.04 Å². The minimum atomic E-state index is -4.22. The lowest BCUT2D eigenvalue weighted by Gasteiger charge is -2.36. The van der Waals surface area contributed by atoms with Crippen molar-refractivity contribution in [2.24, 2.45) is 0 Å². The fourth-order valence-electron chi connectivity index (χ4n) is 3.04. The van der Waals surface area contributed by atoms with Gasteiger partial charge in [-0.25, -0.2) is 8.42 Å². The number of aryl methyl sites for hydroxylation is 2. The number of nitrogens with zero attached hydrogens (tertiary/aromatic N) is 1. The number of amides is 1. The summed E-state index contributed by atoms with van der Waals surface area (Å²) in [4.78, 5) is 23.7. The van der Waals surface area contributed by atoms with E-state index in [9.17, 15) is 23.1 Å². The molecule has 0 saturated heterocycles. The second kappa shape index (κ2) is 6.86. The summed E-state index contributed by atoms with van der Waals surface area (Å²) in [6.45, 7) is 3.27. The van der Waals surface area contributed by atoms with E-state index in [-0.39, 0.29) is 10.6 Å². The third kappa shape index (κ3) is 3.38. The minimum absolute atomic E-state index is 0.0238. The first-order valence-corrected chi connectivity index (χ1v) is 9.87. The molecule has 142 valence electrons. The molecule has 9 heteroatoms. The van der Waals surface area contributed by atoms with E-state index in [2.05, 4.69) is 5.32 Å². The second-order valence-corrected chi connectivity index (χ2v) is 8.48. The van der Waals surface area contributed by atoms with Gasteiger partial charge in [-0.15, -0.1) is 0 Å². The molecule has 1 unspecified atom stereocenters. The fourth-order valence-corrected chi connectivity index (χ4v) is 5.18. The number of nitrogens with one attached hydrogen (secondary N) is 1. The SMILES string of the molecule is Cc1cc(S(=O)(=O)N2c3ccccc3NC(=O)C2CC(=O)O)c(C)cc1Cl. The number of halogens is 1. The van der Waals surface area contributed by atoms with Gasteiger partial charge in [-0.3, -0.25) is 13.9 Å². The molecule has 7 nitrogen and oxygen atoms in total. The average molecular weight is 409 g/mol. The number of aliphatic carboxylic acids is 1. The van der Waals surface area contributed by atoms with Crippen molar-refractivity contribution in [1.29, 1.82) is 0 Å². The summed E-state index contributed by atoms with van der Waals surface area (Å²) in [6, 6.07) is 7.92. The lowest BCUT2D eigenvalue weighted by atomic mass is 10.1. The smallest absolute Gasteiger partial charge is 0.306 e. The standard InChI is InChI=1S/C18H17ClN2O5S/c1-10-8-16(11(2)7-12(10)19)27(25,26)21-14-6-4-3-5-13(14)20-18(24)15(21)9-17(22)23/h3-8,15H,9H2,1-2H3,(H,20,24)(H,22,23). The van der Waals surface area contributed by atoms with Crippen LogP contribution in [0.4, 0.5) is 11.4 Å². The normalized spacial score (nSPS) is 16.6. The lowest BCUT2D eigenvalue weighted by Crippen LogP contribution is -2.51. The molecule has 0 spiro atoms. The Kier molecular flexibility index (Phi) is 4.88. The van der Waals surface area contributed by atoms with Gasteiger partial charge in [-0.05, 0) is 49.2 Å². The summed E-state index contributed by atoms with van der Waals surface area (Å²) in [7, 11) is -4.22. The highest BCUT2D eigenvalue weighted by Gasteiger charge is 2.42. The number of hydrogen-bond acceptors (Lipinski definition) is 4. The minimum Gasteiger partial charge on any atom is -0.481 e. The average Bonchev–Trinajstić information content (AvgIpc) is 2.58. The fraction of sp³-hybridized carbons (Fsp3) is 0.222. The summed E-state index contributed by atoms with van der Waals surface area (Å²) in [5, 5.41) is 12.2.